The number of aromatic nitrogens is 2. The maximum Gasteiger partial charge on any atom is 0.216 e. The van der Waals surface area contributed by atoms with Crippen molar-refractivity contribution in [2.45, 2.75) is 19.5 Å². The number of hydrogen-bond acceptors (Lipinski definition) is 6. The van der Waals surface area contributed by atoms with Crippen LogP contribution in [0.4, 0.5) is 19.0 Å². The summed E-state index contributed by atoms with van der Waals surface area (Å²) in [6, 6.07) is 6.14. The van der Waals surface area contributed by atoms with Crippen molar-refractivity contribution in [3.63, 3.8) is 0 Å². The van der Waals surface area contributed by atoms with Crippen LogP contribution in [0.15, 0.2) is 24.3 Å². The molecule has 4 heterocycles. The van der Waals surface area contributed by atoms with E-state index < -0.39 is 17.8 Å². The molecule has 0 radical (unpaired) electrons. The van der Waals surface area contributed by atoms with Gasteiger partial charge in [0.05, 0.1) is 38.5 Å². The Kier molecular flexibility index (Phi) is 14.3. The Morgan fingerprint density at radius 1 is 0.862 bits per heavy atom. The lowest BCUT2D eigenvalue weighted by Crippen LogP contribution is -2.41. The summed E-state index contributed by atoms with van der Waals surface area (Å²) in [7, 11) is 0. The first kappa shape index (κ1) is 28.5. The molecule has 0 unspecified atom stereocenters. The molecule has 0 atom stereocenters. The molecule has 29 heavy (non-hydrogen) atoms. The first-order valence-electron chi connectivity index (χ1n) is 7.81. The maximum atomic E-state index is 12.8. The van der Waals surface area contributed by atoms with E-state index in [2.05, 4.69) is 37.9 Å². The summed E-state index contributed by atoms with van der Waals surface area (Å²) in [5.41, 5.74) is 5.25. The maximum absolute atomic E-state index is 12.8. The molecule has 164 valence electrons. The number of pyridine rings is 2. The normalized spacial score (nSPS) is 15.0. The number of nitrogens with one attached hydrogen (secondary N) is 1. The van der Waals surface area contributed by atoms with Crippen LogP contribution in [0.5, 0.6) is 0 Å². The van der Waals surface area contributed by atoms with Crippen LogP contribution in [-0.2, 0) is 9.47 Å². The third kappa shape index (κ3) is 11.5. The minimum absolute atomic E-state index is 0. The van der Waals surface area contributed by atoms with Crippen LogP contribution in [0.1, 0.15) is 7.43 Å². The van der Waals surface area contributed by atoms with E-state index in [1.165, 1.54) is 6.07 Å². The van der Waals surface area contributed by atoms with Gasteiger partial charge in [-0.3, -0.25) is 0 Å². The highest BCUT2D eigenvalue weighted by molar-refractivity contribution is 14.1. The highest BCUT2D eigenvalue weighted by Crippen LogP contribution is 2.14. The average molecular weight is 661 g/mol. The van der Waals surface area contributed by atoms with Gasteiger partial charge in [0, 0.05) is 25.3 Å². The molecule has 0 amide bonds. The van der Waals surface area contributed by atoms with Gasteiger partial charge in [-0.2, -0.15) is 18.2 Å². The zero-order valence-corrected chi connectivity index (χ0v) is 19.5. The van der Waals surface area contributed by atoms with Gasteiger partial charge in [-0.25, -0.2) is 4.98 Å². The minimum Gasteiger partial charge on any atom is -0.378 e. The van der Waals surface area contributed by atoms with Crippen molar-refractivity contribution in [1.29, 1.82) is 0 Å². The molecule has 4 rings (SSSR count). The molecular formula is C17H22ClF3I2N4O2. The fourth-order valence-electron chi connectivity index (χ4n) is 1.76. The van der Waals surface area contributed by atoms with Crippen molar-refractivity contribution >= 4 is 63.4 Å². The van der Waals surface area contributed by atoms with Gasteiger partial charge < -0.3 is 20.5 Å². The second kappa shape index (κ2) is 14.5. The Morgan fingerprint density at radius 3 is 1.59 bits per heavy atom. The molecule has 2 aliphatic rings. The number of hydrogen-bond donors (Lipinski definition) is 2. The van der Waals surface area contributed by atoms with Gasteiger partial charge in [0.1, 0.15) is 5.82 Å². The average Bonchev–Trinajstić information content (AvgIpc) is 2.48. The first-order chi connectivity index (χ1) is 12.8. The zero-order chi connectivity index (χ0) is 19.8. The largest absolute Gasteiger partial charge is 0.378 e. The second-order valence-corrected chi connectivity index (χ2v) is 8.09. The highest BCUT2D eigenvalue weighted by atomic mass is 127. The lowest BCUT2D eigenvalue weighted by molar-refractivity contribution is 0.0121. The van der Waals surface area contributed by atoms with E-state index in [9.17, 15) is 13.2 Å². The Balaban J connectivity index is 0.000000429. The molecule has 12 heteroatoms. The third-order valence-electron chi connectivity index (χ3n) is 3.14. The van der Waals surface area contributed by atoms with Crippen molar-refractivity contribution in [3.05, 3.63) is 49.2 Å². The van der Waals surface area contributed by atoms with Gasteiger partial charge in [0.15, 0.2) is 0 Å². The highest BCUT2D eigenvalue weighted by Gasteiger charge is 2.18. The monoisotopic (exact) mass is 660 g/mol. The van der Waals surface area contributed by atoms with E-state index in [4.69, 9.17) is 15.2 Å². The van der Waals surface area contributed by atoms with Crippen LogP contribution in [0.25, 0.3) is 0 Å². The van der Waals surface area contributed by atoms with Crippen LogP contribution in [0.2, 0.25) is 0 Å². The quantitative estimate of drug-likeness (QED) is 0.375. The topological polar surface area (TPSA) is 82.3 Å². The van der Waals surface area contributed by atoms with E-state index in [0.717, 1.165) is 28.9 Å². The molecule has 2 aromatic heterocycles. The summed E-state index contributed by atoms with van der Waals surface area (Å²) >= 11 is 3.87. The molecule has 3 N–H and O–H groups in total. The van der Waals surface area contributed by atoms with Crippen LogP contribution in [0, 0.1) is 25.0 Å². The first-order valence-corrected chi connectivity index (χ1v) is 9.97. The lowest BCUT2D eigenvalue weighted by atomic mass is 10.2. The third-order valence-corrected chi connectivity index (χ3v) is 4.39. The van der Waals surface area contributed by atoms with E-state index >= 15 is 0 Å². The number of nitrogens with zero attached hydrogens (tertiary/aromatic N) is 2. The molecular weight excluding hydrogens is 638 g/mol. The van der Waals surface area contributed by atoms with E-state index in [-0.39, 0.29) is 25.9 Å². The second-order valence-electron chi connectivity index (χ2n) is 5.60. The number of anilines is 1. The molecule has 0 aliphatic carbocycles. The molecule has 6 nitrogen and oxygen atoms in total. The Hall–Kier alpha value is -0.480. The van der Waals surface area contributed by atoms with Crippen molar-refractivity contribution < 1.29 is 22.6 Å². The van der Waals surface area contributed by atoms with E-state index in [0.29, 0.717) is 28.6 Å². The van der Waals surface area contributed by atoms with Gasteiger partial charge in [-0.05, 0) is 51.2 Å². The van der Waals surface area contributed by atoms with Crippen molar-refractivity contribution in [2.75, 3.05) is 31.7 Å². The van der Waals surface area contributed by atoms with Crippen LogP contribution in [0.3, 0.4) is 0 Å². The number of rotatable bonds is 2. The summed E-state index contributed by atoms with van der Waals surface area (Å²) < 4.78 is 48.0. The van der Waals surface area contributed by atoms with Gasteiger partial charge in [-0.1, -0.05) is 7.43 Å². The fourth-order valence-corrected chi connectivity index (χ4v) is 2.82. The van der Waals surface area contributed by atoms with Gasteiger partial charge in [0.2, 0.25) is 17.8 Å². The van der Waals surface area contributed by atoms with Crippen molar-refractivity contribution in [1.82, 2.24) is 9.97 Å². The molecule has 0 saturated carbocycles. The van der Waals surface area contributed by atoms with Crippen LogP contribution >= 0.6 is 57.6 Å². The SMILES string of the molecule is C.Cl.Fc1cc(I)cc(F)n1.Fc1cc(I)cc(NC2COC2)n1.NC1COC1. The molecule has 2 aliphatic heterocycles. The van der Waals surface area contributed by atoms with Gasteiger partial charge in [-0.15, -0.1) is 12.4 Å². The van der Waals surface area contributed by atoms with Crippen molar-refractivity contribution in [3.8, 4) is 0 Å². The Bertz CT molecular complexity index is 686. The molecule has 2 aromatic rings. The molecule has 2 fully saturated rings. The van der Waals surface area contributed by atoms with Crippen molar-refractivity contribution in [2.24, 2.45) is 5.73 Å². The number of halogens is 6. The molecule has 0 aromatic carbocycles. The Labute approximate surface area is 201 Å². The molecule has 0 spiro atoms. The number of ether oxygens (including phenoxy) is 2. The molecule has 0 bridgehead atoms. The minimum atomic E-state index is -0.778. The summed E-state index contributed by atoms with van der Waals surface area (Å²) in [5.74, 6) is -1.42. The lowest BCUT2D eigenvalue weighted by Gasteiger charge is -2.27. The molecule has 2 saturated heterocycles. The fraction of sp³-hybridized carbons (Fsp3) is 0.412. The summed E-state index contributed by atoms with van der Waals surface area (Å²) in [5, 5.41) is 3.08. The predicted octanol–water partition coefficient (Wildman–Crippen LogP) is 4.00. The summed E-state index contributed by atoms with van der Waals surface area (Å²) in [4.78, 5) is 6.61. The van der Waals surface area contributed by atoms with Crippen LogP contribution in [-0.4, -0.2) is 48.5 Å². The smallest absolute Gasteiger partial charge is 0.216 e. The van der Waals surface area contributed by atoms with Gasteiger partial charge >= 0.3 is 0 Å². The predicted molar refractivity (Wildman–Crippen MR) is 125 cm³/mol. The van der Waals surface area contributed by atoms with Gasteiger partial charge in [0.25, 0.3) is 0 Å². The summed E-state index contributed by atoms with van der Waals surface area (Å²) in [6.45, 7) is 2.88. The van der Waals surface area contributed by atoms with Crippen LogP contribution < -0.4 is 11.1 Å². The van der Waals surface area contributed by atoms with E-state index in [1.54, 1.807) is 0 Å². The Morgan fingerprint density at radius 2 is 1.28 bits per heavy atom. The van der Waals surface area contributed by atoms with E-state index in [1.807, 2.05) is 28.7 Å². The number of nitrogens with two attached hydrogens (primary N) is 1. The zero-order valence-electron chi connectivity index (χ0n) is 14.4. The standard InChI is InChI=1S/C8H8FIN2O.C5H2F2IN.C3H7NO.CH4.ClH/c9-7-1-5(10)2-8(12-7)11-6-3-13-4-6;6-4-1-3(8)2-5(7)9-4;4-3-1-5-2-3;;/h1-2,6H,3-4H2,(H,11,12);1-2H;3H,1-2,4H2;1H4;1H. The summed E-state index contributed by atoms with van der Waals surface area (Å²) in [6.07, 6.45) is 0.